The molecule has 9 nitrogen and oxygen atoms in total. The fourth-order valence-corrected chi connectivity index (χ4v) is 3.51. The predicted molar refractivity (Wildman–Crippen MR) is 120 cm³/mol. The van der Waals surface area contributed by atoms with E-state index in [1.807, 2.05) is 20.8 Å². The van der Waals surface area contributed by atoms with Gasteiger partial charge in [0.25, 0.3) is 0 Å². The topological polar surface area (TPSA) is 117 Å². The maximum Gasteiger partial charge on any atom is 0.307 e. The Hall–Kier alpha value is -2.94. The molecule has 3 amide bonds. The molecule has 0 radical (unpaired) electrons. The molecule has 0 bridgehead atoms. The van der Waals surface area contributed by atoms with Crippen molar-refractivity contribution in [1.82, 2.24) is 10.2 Å². The standard InChI is InChI=1S/C23H32N4O5/c1-14(2)13-32-21(29)11-19-23(31)24-9-10-27(19)12-20(28)25-17-5-4-6-18(15(17)3)26-22(30)16-7-8-16/h4-6,14,16,19H,7-13H2,1-3H3,(H,24,31)(H,25,28)(H,26,30). The summed E-state index contributed by atoms with van der Waals surface area (Å²) in [4.78, 5) is 51.0. The average Bonchev–Trinajstić information content (AvgIpc) is 3.57. The van der Waals surface area contributed by atoms with Crippen LogP contribution in [0.4, 0.5) is 11.4 Å². The molecule has 2 aliphatic rings. The first kappa shape index (κ1) is 23.7. The Kier molecular flexibility index (Phi) is 7.84. The van der Waals surface area contributed by atoms with Crippen molar-refractivity contribution < 1.29 is 23.9 Å². The molecule has 9 heteroatoms. The third-order valence-corrected chi connectivity index (χ3v) is 5.54. The van der Waals surface area contributed by atoms with E-state index < -0.39 is 12.0 Å². The second kappa shape index (κ2) is 10.6. The number of amides is 3. The van der Waals surface area contributed by atoms with Crippen molar-refractivity contribution in [1.29, 1.82) is 0 Å². The van der Waals surface area contributed by atoms with E-state index in [0.717, 1.165) is 18.4 Å². The Morgan fingerprint density at radius 3 is 2.53 bits per heavy atom. The van der Waals surface area contributed by atoms with Crippen LogP contribution in [0.25, 0.3) is 0 Å². The number of benzene rings is 1. The van der Waals surface area contributed by atoms with E-state index in [9.17, 15) is 19.2 Å². The van der Waals surface area contributed by atoms with Gasteiger partial charge in [-0.2, -0.15) is 0 Å². The van der Waals surface area contributed by atoms with E-state index in [-0.39, 0.29) is 42.5 Å². The molecule has 1 aromatic carbocycles. The molecule has 3 rings (SSSR count). The fourth-order valence-electron chi connectivity index (χ4n) is 3.51. The SMILES string of the molecule is Cc1c(NC(=O)CN2CCNC(=O)C2CC(=O)OCC(C)C)cccc1NC(=O)C1CC1. The molecule has 1 unspecified atom stereocenters. The normalized spacial score (nSPS) is 18.8. The third kappa shape index (κ3) is 6.53. The summed E-state index contributed by atoms with van der Waals surface area (Å²) in [6, 6.07) is 4.59. The molecule has 1 aliphatic carbocycles. The zero-order chi connectivity index (χ0) is 23.3. The van der Waals surface area contributed by atoms with Gasteiger partial charge in [0.2, 0.25) is 17.7 Å². The molecule has 32 heavy (non-hydrogen) atoms. The lowest BCUT2D eigenvalue weighted by Gasteiger charge is -2.34. The van der Waals surface area contributed by atoms with Crippen molar-refractivity contribution in [2.24, 2.45) is 11.8 Å². The quantitative estimate of drug-likeness (QED) is 0.499. The van der Waals surface area contributed by atoms with Gasteiger partial charge >= 0.3 is 5.97 Å². The summed E-state index contributed by atoms with van der Waals surface area (Å²) in [5.74, 6) is -0.749. The van der Waals surface area contributed by atoms with Crippen LogP contribution in [0.5, 0.6) is 0 Å². The predicted octanol–water partition coefficient (Wildman–Crippen LogP) is 1.67. The molecule has 1 heterocycles. The third-order valence-electron chi connectivity index (χ3n) is 5.54. The first-order valence-corrected chi connectivity index (χ1v) is 11.1. The van der Waals surface area contributed by atoms with E-state index in [0.29, 0.717) is 31.1 Å². The highest BCUT2D eigenvalue weighted by atomic mass is 16.5. The molecular formula is C23H32N4O5. The van der Waals surface area contributed by atoms with E-state index in [4.69, 9.17) is 4.74 Å². The van der Waals surface area contributed by atoms with Gasteiger partial charge in [-0.3, -0.25) is 24.1 Å². The summed E-state index contributed by atoms with van der Waals surface area (Å²) in [6.45, 7) is 6.83. The maximum atomic E-state index is 12.7. The second-order valence-electron chi connectivity index (χ2n) is 8.85. The highest BCUT2D eigenvalue weighted by molar-refractivity contribution is 5.98. The average molecular weight is 445 g/mol. The maximum absolute atomic E-state index is 12.7. The number of nitrogens with one attached hydrogen (secondary N) is 3. The molecule has 2 fully saturated rings. The summed E-state index contributed by atoms with van der Waals surface area (Å²) >= 11 is 0. The zero-order valence-electron chi connectivity index (χ0n) is 18.9. The number of ether oxygens (including phenoxy) is 1. The van der Waals surface area contributed by atoms with E-state index in [1.165, 1.54) is 0 Å². The lowest BCUT2D eigenvalue weighted by molar-refractivity contribution is -0.149. The number of hydrogen-bond acceptors (Lipinski definition) is 6. The Morgan fingerprint density at radius 1 is 1.19 bits per heavy atom. The second-order valence-corrected chi connectivity index (χ2v) is 8.85. The number of anilines is 2. The summed E-state index contributed by atoms with van der Waals surface area (Å²) in [6.07, 6.45) is 1.72. The summed E-state index contributed by atoms with van der Waals surface area (Å²) in [7, 11) is 0. The number of nitrogens with zero attached hydrogens (tertiary/aromatic N) is 1. The number of rotatable bonds is 9. The van der Waals surface area contributed by atoms with Crippen LogP contribution in [0.1, 0.15) is 38.7 Å². The molecular weight excluding hydrogens is 412 g/mol. The van der Waals surface area contributed by atoms with E-state index in [2.05, 4.69) is 16.0 Å². The monoisotopic (exact) mass is 444 g/mol. The van der Waals surface area contributed by atoms with Crippen molar-refractivity contribution in [3.63, 3.8) is 0 Å². The van der Waals surface area contributed by atoms with Gasteiger partial charge in [-0.25, -0.2) is 0 Å². The zero-order valence-corrected chi connectivity index (χ0v) is 18.9. The van der Waals surface area contributed by atoms with Crippen LogP contribution < -0.4 is 16.0 Å². The Bertz CT molecular complexity index is 881. The number of esters is 1. The highest BCUT2D eigenvalue weighted by Crippen LogP contribution is 2.31. The van der Waals surface area contributed by atoms with Crippen LogP contribution in [0, 0.1) is 18.8 Å². The Morgan fingerprint density at radius 2 is 1.88 bits per heavy atom. The highest BCUT2D eigenvalue weighted by Gasteiger charge is 2.33. The van der Waals surface area contributed by atoms with E-state index in [1.54, 1.807) is 23.1 Å². The van der Waals surface area contributed by atoms with Gasteiger partial charge in [-0.05, 0) is 43.4 Å². The van der Waals surface area contributed by atoms with Gasteiger partial charge in [0, 0.05) is 30.4 Å². The van der Waals surface area contributed by atoms with Crippen LogP contribution in [-0.2, 0) is 23.9 Å². The van der Waals surface area contributed by atoms with Crippen molar-refractivity contribution in [3.05, 3.63) is 23.8 Å². The summed E-state index contributed by atoms with van der Waals surface area (Å²) in [5, 5.41) is 8.53. The first-order chi connectivity index (χ1) is 15.2. The molecule has 3 N–H and O–H groups in total. The fraction of sp³-hybridized carbons (Fsp3) is 0.565. The molecule has 1 atom stereocenters. The summed E-state index contributed by atoms with van der Waals surface area (Å²) in [5.41, 5.74) is 2.03. The molecule has 1 aliphatic heterocycles. The molecule has 174 valence electrons. The van der Waals surface area contributed by atoms with Crippen molar-refractivity contribution in [2.45, 2.75) is 46.1 Å². The number of piperazine rings is 1. The minimum atomic E-state index is -0.751. The first-order valence-electron chi connectivity index (χ1n) is 11.1. The van der Waals surface area contributed by atoms with Crippen LogP contribution >= 0.6 is 0 Å². The minimum absolute atomic E-state index is 0.00287. The van der Waals surface area contributed by atoms with Gasteiger partial charge in [-0.1, -0.05) is 19.9 Å². The molecule has 0 aromatic heterocycles. The van der Waals surface area contributed by atoms with Crippen LogP contribution in [0.15, 0.2) is 18.2 Å². The minimum Gasteiger partial charge on any atom is -0.465 e. The van der Waals surface area contributed by atoms with Crippen LogP contribution in [-0.4, -0.2) is 60.9 Å². The van der Waals surface area contributed by atoms with Gasteiger partial charge < -0.3 is 20.7 Å². The molecule has 1 aromatic rings. The largest absolute Gasteiger partial charge is 0.465 e. The number of hydrogen-bond donors (Lipinski definition) is 3. The smallest absolute Gasteiger partial charge is 0.307 e. The van der Waals surface area contributed by atoms with Crippen LogP contribution in [0.3, 0.4) is 0 Å². The van der Waals surface area contributed by atoms with Gasteiger partial charge in [0.15, 0.2) is 0 Å². The number of carbonyl (C=O) groups is 4. The Labute approximate surface area is 188 Å². The van der Waals surface area contributed by atoms with Gasteiger partial charge in [-0.15, -0.1) is 0 Å². The van der Waals surface area contributed by atoms with Gasteiger partial charge in [0.05, 0.1) is 19.6 Å². The van der Waals surface area contributed by atoms with E-state index >= 15 is 0 Å². The van der Waals surface area contributed by atoms with Crippen LogP contribution in [0.2, 0.25) is 0 Å². The Balaban J connectivity index is 1.60. The molecule has 1 saturated carbocycles. The van der Waals surface area contributed by atoms with Gasteiger partial charge in [0.1, 0.15) is 6.04 Å². The lowest BCUT2D eigenvalue weighted by Crippen LogP contribution is -2.57. The van der Waals surface area contributed by atoms with Crippen molar-refractivity contribution in [2.75, 3.05) is 36.9 Å². The lowest BCUT2D eigenvalue weighted by atomic mass is 10.1. The van der Waals surface area contributed by atoms with Crippen molar-refractivity contribution in [3.8, 4) is 0 Å². The molecule has 0 spiro atoms. The number of carbonyl (C=O) groups excluding carboxylic acids is 4. The summed E-state index contributed by atoms with van der Waals surface area (Å²) < 4.78 is 5.20. The molecule has 1 saturated heterocycles. The van der Waals surface area contributed by atoms with Crippen molar-refractivity contribution >= 4 is 35.1 Å².